The lowest BCUT2D eigenvalue weighted by Gasteiger charge is -2.07. The van der Waals surface area contributed by atoms with Gasteiger partial charge in [-0.15, -0.1) is 0 Å². The molecular weight excluding hydrogens is 312 g/mol. The molecule has 0 fully saturated rings. The topological polar surface area (TPSA) is 101 Å². The lowest BCUT2D eigenvalue weighted by molar-refractivity contribution is -0.113. The molecule has 0 aliphatic heterocycles. The number of carbonyl (C=O) groups is 2. The van der Waals surface area contributed by atoms with Gasteiger partial charge in [0.2, 0.25) is 5.91 Å². The Labute approximate surface area is 136 Å². The van der Waals surface area contributed by atoms with Gasteiger partial charge in [-0.2, -0.15) is 0 Å². The van der Waals surface area contributed by atoms with Gasteiger partial charge in [0, 0.05) is 0 Å². The average Bonchev–Trinajstić information content (AvgIpc) is 2.96. The van der Waals surface area contributed by atoms with Gasteiger partial charge in [-0.1, -0.05) is 36.0 Å². The van der Waals surface area contributed by atoms with E-state index in [9.17, 15) is 9.59 Å². The van der Waals surface area contributed by atoms with Gasteiger partial charge in [-0.25, -0.2) is 4.98 Å². The number of aromatic amines is 1. The number of H-pyrrole nitrogens is 1. The van der Waals surface area contributed by atoms with Crippen molar-refractivity contribution in [1.82, 2.24) is 9.97 Å². The van der Waals surface area contributed by atoms with Gasteiger partial charge in [0.1, 0.15) is 0 Å². The highest BCUT2D eigenvalue weighted by Crippen LogP contribution is 2.20. The fraction of sp³-hybridized carbons (Fsp3) is 0.0625. The van der Waals surface area contributed by atoms with E-state index in [1.807, 2.05) is 24.3 Å². The van der Waals surface area contributed by atoms with Gasteiger partial charge in [-0.05, 0) is 24.3 Å². The van der Waals surface area contributed by atoms with E-state index in [0.717, 1.165) is 11.0 Å². The minimum Gasteiger partial charge on any atom is -0.366 e. The lowest BCUT2D eigenvalue weighted by Crippen LogP contribution is -2.19. The number of anilines is 1. The molecule has 0 bridgehead atoms. The van der Waals surface area contributed by atoms with E-state index in [2.05, 4.69) is 15.3 Å². The number of amides is 2. The summed E-state index contributed by atoms with van der Waals surface area (Å²) in [6, 6.07) is 14.3. The number of thioether (sulfide) groups is 1. The average molecular weight is 326 g/mol. The largest absolute Gasteiger partial charge is 0.366 e. The molecule has 0 saturated heterocycles. The van der Waals surface area contributed by atoms with Crippen LogP contribution >= 0.6 is 11.8 Å². The molecule has 1 heterocycles. The molecule has 4 N–H and O–H groups in total. The Morgan fingerprint density at radius 2 is 1.87 bits per heavy atom. The minimum absolute atomic E-state index is 0.174. The van der Waals surface area contributed by atoms with Crippen LogP contribution in [0, 0.1) is 0 Å². The minimum atomic E-state index is -0.578. The zero-order chi connectivity index (χ0) is 16.2. The van der Waals surface area contributed by atoms with Crippen molar-refractivity contribution in [2.45, 2.75) is 5.16 Å². The summed E-state index contributed by atoms with van der Waals surface area (Å²) < 4.78 is 0. The first kappa shape index (κ1) is 15.1. The molecule has 2 amide bonds. The second kappa shape index (κ2) is 6.53. The summed E-state index contributed by atoms with van der Waals surface area (Å²) in [6.07, 6.45) is 0. The Hall–Kier alpha value is -2.80. The number of benzene rings is 2. The Kier molecular flexibility index (Phi) is 4.29. The van der Waals surface area contributed by atoms with E-state index in [0.29, 0.717) is 10.8 Å². The van der Waals surface area contributed by atoms with E-state index in [4.69, 9.17) is 5.73 Å². The van der Waals surface area contributed by atoms with Crippen LogP contribution in [-0.2, 0) is 4.79 Å². The molecule has 3 rings (SSSR count). The number of para-hydroxylation sites is 3. The van der Waals surface area contributed by atoms with Crippen LogP contribution < -0.4 is 11.1 Å². The maximum absolute atomic E-state index is 12.1. The van der Waals surface area contributed by atoms with Crippen molar-refractivity contribution in [2.24, 2.45) is 5.73 Å². The molecule has 0 spiro atoms. The van der Waals surface area contributed by atoms with Crippen molar-refractivity contribution in [1.29, 1.82) is 0 Å². The molecule has 116 valence electrons. The summed E-state index contributed by atoms with van der Waals surface area (Å²) in [7, 11) is 0. The van der Waals surface area contributed by atoms with Crippen LogP contribution in [0.15, 0.2) is 53.7 Å². The number of nitrogens with two attached hydrogens (primary N) is 1. The van der Waals surface area contributed by atoms with E-state index in [1.165, 1.54) is 11.8 Å². The molecule has 0 unspecified atom stereocenters. The van der Waals surface area contributed by atoms with Gasteiger partial charge in [0.05, 0.1) is 28.0 Å². The summed E-state index contributed by atoms with van der Waals surface area (Å²) in [5.74, 6) is -0.637. The van der Waals surface area contributed by atoms with Crippen LogP contribution in [0.2, 0.25) is 0 Å². The molecule has 7 heteroatoms. The number of nitrogens with zero attached hydrogens (tertiary/aromatic N) is 1. The number of fused-ring (bicyclic) bond motifs is 1. The second-order valence-corrected chi connectivity index (χ2v) is 5.77. The summed E-state index contributed by atoms with van der Waals surface area (Å²) in [5.41, 5.74) is 7.77. The number of imidazole rings is 1. The fourth-order valence-electron chi connectivity index (χ4n) is 2.12. The summed E-state index contributed by atoms with van der Waals surface area (Å²) in [5, 5.41) is 3.36. The van der Waals surface area contributed by atoms with Crippen LogP contribution in [0.4, 0.5) is 5.69 Å². The van der Waals surface area contributed by atoms with Crippen LogP contribution in [0.1, 0.15) is 10.4 Å². The van der Waals surface area contributed by atoms with Crippen LogP contribution in [0.25, 0.3) is 11.0 Å². The first-order chi connectivity index (χ1) is 11.1. The van der Waals surface area contributed by atoms with E-state index in [-0.39, 0.29) is 17.2 Å². The normalized spacial score (nSPS) is 10.6. The SMILES string of the molecule is NC(=O)c1ccccc1NC(=O)CSc1nc2ccccc2[nH]1. The second-order valence-electron chi connectivity index (χ2n) is 4.81. The molecule has 0 atom stereocenters. The summed E-state index contributed by atoms with van der Waals surface area (Å²) in [4.78, 5) is 30.9. The molecule has 23 heavy (non-hydrogen) atoms. The highest BCUT2D eigenvalue weighted by molar-refractivity contribution is 7.99. The van der Waals surface area contributed by atoms with Crippen molar-refractivity contribution >= 4 is 40.3 Å². The van der Waals surface area contributed by atoms with Gasteiger partial charge >= 0.3 is 0 Å². The predicted octanol–water partition coefficient (Wildman–Crippen LogP) is 2.39. The van der Waals surface area contributed by atoms with Crippen molar-refractivity contribution < 1.29 is 9.59 Å². The molecule has 0 radical (unpaired) electrons. The lowest BCUT2D eigenvalue weighted by atomic mass is 10.1. The van der Waals surface area contributed by atoms with Crippen molar-refractivity contribution in [3.63, 3.8) is 0 Å². The Morgan fingerprint density at radius 3 is 2.65 bits per heavy atom. The Morgan fingerprint density at radius 1 is 1.13 bits per heavy atom. The zero-order valence-electron chi connectivity index (χ0n) is 12.1. The molecule has 6 nitrogen and oxygen atoms in total. The number of hydrogen-bond acceptors (Lipinski definition) is 4. The third kappa shape index (κ3) is 3.51. The molecular formula is C16H14N4O2S. The molecule has 3 aromatic rings. The quantitative estimate of drug-likeness (QED) is 0.627. The van der Waals surface area contributed by atoms with Crippen LogP contribution in [-0.4, -0.2) is 27.5 Å². The number of nitrogens with one attached hydrogen (secondary N) is 2. The van der Waals surface area contributed by atoms with Crippen LogP contribution in [0.5, 0.6) is 0 Å². The number of rotatable bonds is 5. The molecule has 2 aromatic carbocycles. The Balaban J connectivity index is 1.65. The summed E-state index contributed by atoms with van der Waals surface area (Å²) >= 11 is 1.29. The zero-order valence-corrected chi connectivity index (χ0v) is 12.9. The number of carbonyl (C=O) groups excluding carboxylic acids is 2. The molecule has 0 aliphatic carbocycles. The van der Waals surface area contributed by atoms with Gasteiger partial charge in [0.15, 0.2) is 5.16 Å². The van der Waals surface area contributed by atoms with Crippen LogP contribution in [0.3, 0.4) is 0 Å². The smallest absolute Gasteiger partial charge is 0.250 e. The first-order valence-corrected chi connectivity index (χ1v) is 7.88. The third-order valence-electron chi connectivity index (χ3n) is 3.17. The molecule has 0 aliphatic rings. The van der Waals surface area contributed by atoms with Gasteiger partial charge in [0.25, 0.3) is 5.91 Å². The molecule has 0 saturated carbocycles. The molecule has 1 aromatic heterocycles. The van der Waals surface area contributed by atoms with Crippen molar-refractivity contribution in [3.8, 4) is 0 Å². The number of hydrogen-bond donors (Lipinski definition) is 3. The van der Waals surface area contributed by atoms with Crippen molar-refractivity contribution in [3.05, 3.63) is 54.1 Å². The number of aromatic nitrogens is 2. The fourth-order valence-corrected chi connectivity index (χ4v) is 2.81. The van der Waals surface area contributed by atoms with Gasteiger partial charge in [-0.3, -0.25) is 9.59 Å². The van der Waals surface area contributed by atoms with E-state index in [1.54, 1.807) is 24.3 Å². The standard InChI is InChI=1S/C16H14N4O2S/c17-15(22)10-5-1-2-6-11(10)18-14(21)9-23-16-19-12-7-3-4-8-13(12)20-16/h1-8H,9H2,(H2,17,22)(H,18,21)(H,19,20). The van der Waals surface area contributed by atoms with E-state index < -0.39 is 5.91 Å². The Bertz CT molecular complexity index is 842. The first-order valence-electron chi connectivity index (χ1n) is 6.90. The maximum atomic E-state index is 12.1. The van der Waals surface area contributed by atoms with Crippen molar-refractivity contribution in [2.75, 3.05) is 11.1 Å². The van der Waals surface area contributed by atoms with Gasteiger partial charge < -0.3 is 16.0 Å². The summed E-state index contributed by atoms with van der Waals surface area (Å²) in [6.45, 7) is 0. The van der Waals surface area contributed by atoms with E-state index >= 15 is 0 Å². The highest BCUT2D eigenvalue weighted by Gasteiger charge is 2.11. The third-order valence-corrected chi connectivity index (χ3v) is 4.05. The monoisotopic (exact) mass is 326 g/mol. The predicted molar refractivity (Wildman–Crippen MR) is 90.4 cm³/mol. The maximum Gasteiger partial charge on any atom is 0.250 e. The highest BCUT2D eigenvalue weighted by atomic mass is 32.2. The number of primary amides is 1.